The van der Waals surface area contributed by atoms with Crippen molar-refractivity contribution >= 4 is 102 Å². The number of halogens is 1. The van der Waals surface area contributed by atoms with Crippen LogP contribution in [0.1, 0.15) is 118 Å². The second kappa shape index (κ2) is 32.3. The van der Waals surface area contributed by atoms with Gasteiger partial charge in [0.05, 0.1) is 12.6 Å². The highest BCUT2D eigenvalue weighted by Crippen LogP contribution is 2.44. The molecule has 0 aromatic heterocycles. The van der Waals surface area contributed by atoms with Crippen LogP contribution in [0.25, 0.3) is 0 Å². The molecule has 3 aromatic carbocycles. The molecule has 5 N–H and O–H groups in total. The number of imide groups is 1. The zero-order valence-corrected chi connectivity index (χ0v) is 50.9. The lowest BCUT2D eigenvalue weighted by Crippen LogP contribution is -2.60. The molecule has 79 heavy (non-hydrogen) atoms. The molecule has 4 rings (SSSR count). The third-order valence-corrected chi connectivity index (χ3v) is 18.1. The summed E-state index contributed by atoms with van der Waals surface area (Å²) in [6, 6.07) is 19.5. The number of nitrogens with zero attached hydrogens (tertiary/aromatic N) is 1. The maximum absolute atomic E-state index is 14.0. The van der Waals surface area contributed by atoms with E-state index >= 15 is 0 Å². The third kappa shape index (κ3) is 21.3. The molecule has 0 radical (unpaired) electrons. The van der Waals surface area contributed by atoms with Crippen molar-refractivity contribution < 1.29 is 52.6 Å². The van der Waals surface area contributed by atoms with Gasteiger partial charge in [-0.25, -0.2) is 4.79 Å². The standard InChI is InChI=1S/C57H77ClN6O11S4/c1-12-40-23-25-42(26-24-40)57(41-18-14-13-15-19-41,43-20-16-17-21-44(43)58)74-50(67)29-22-38(7)73-31-30-37(6)60-52(69)45(33-76-78-35(2)3)62-51(68)39(8)61-53(70)46(34-77-79-36(4)5)63-54(71)47(64-48(65)27-28-49(64)66)32-59-55(72)75-56(9,10)11/h13-21,23-28,35-39,45-47H,12,22,29-34H2,1-11H3,(H,59,72)(H,60,69)(H,61,70)(H,62,68)(H,63,71)/t37?,38?,39-,45-,46?,47-,57?/m0/s1. The zero-order chi connectivity index (χ0) is 58.5. The van der Waals surface area contributed by atoms with Gasteiger partial charge >= 0.3 is 12.1 Å². The first kappa shape index (κ1) is 66.3. The Morgan fingerprint density at radius 2 is 1.19 bits per heavy atom. The number of aryl methyl sites for hydroxylation is 1. The minimum atomic E-state index is -1.56. The summed E-state index contributed by atoms with van der Waals surface area (Å²) in [5.74, 6) is -4.56. The van der Waals surface area contributed by atoms with Crippen LogP contribution in [-0.2, 0) is 59.8 Å². The van der Waals surface area contributed by atoms with E-state index < -0.39 is 89.4 Å². The number of rotatable bonds is 31. The fraction of sp³-hybridized carbons (Fsp3) is 0.509. The van der Waals surface area contributed by atoms with E-state index in [4.69, 9.17) is 25.8 Å². The van der Waals surface area contributed by atoms with Crippen molar-refractivity contribution in [1.29, 1.82) is 0 Å². The van der Waals surface area contributed by atoms with Gasteiger partial charge in [0.2, 0.25) is 23.6 Å². The average molecular weight is 1190 g/mol. The van der Waals surface area contributed by atoms with E-state index in [0.29, 0.717) is 28.3 Å². The molecule has 0 saturated heterocycles. The maximum Gasteiger partial charge on any atom is 0.407 e. The van der Waals surface area contributed by atoms with Crippen LogP contribution in [0.4, 0.5) is 4.79 Å². The molecule has 0 spiro atoms. The van der Waals surface area contributed by atoms with E-state index in [9.17, 15) is 38.4 Å². The van der Waals surface area contributed by atoms with E-state index in [1.807, 2.05) is 114 Å². The summed E-state index contributed by atoms with van der Waals surface area (Å²) >= 11 is 6.88. The highest BCUT2D eigenvalue weighted by atomic mass is 35.5. The number of alkyl carbamates (subject to hydrolysis) is 1. The summed E-state index contributed by atoms with van der Waals surface area (Å²) in [4.78, 5) is 108. The highest BCUT2D eigenvalue weighted by Gasteiger charge is 2.43. The Labute approximate surface area is 486 Å². The van der Waals surface area contributed by atoms with Gasteiger partial charge in [-0.2, -0.15) is 0 Å². The summed E-state index contributed by atoms with van der Waals surface area (Å²) in [7, 11) is 5.68. The lowest BCUT2D eigenvalue weighted by Gasteiger charge is -2.36. The van der Waals surface area contributed by atoms with Crippen molar-refractivity contribution in [2.24, 2.45) is 0 Å². The topological polar surface area (TPSA) is 228 Å². The Balaban J connectivity index is 1.37. The van der Waals surface area contributed by atoms with Crippen molar-refractivity contribution in [3.63, 3.8) is 0 Å². The van der Waals surface area contributed by atoms with E-state index in [2.05, 4.69) is 33.5 Å². The molecule has 17 nitrogen and oxygen atoms in total. The van der Waals surface area contributed by atoms with Gasteiger partial charge in [-0.1, -0.05) is 162 Å². The van der Waals surface area contributed by atoms with Gasteiger partial charge in [0.1, 0.15) is 29.8 Å². The first-order valence-corrected chi connectivity index (χ1v) is 31.5. The third-order valence-electron chi connectivity index (χ3n) is 11.9. The van der Waals surface area contributed by atoms with Gasteiger partial charge in [0, 0.05) is 74.9 Å². The number of hydrogen-bond donors (Lipinski definition) is 5. The molecule has 1 heterocycles. The van der Waals surface area contributed by atoms with E-state index in [-0.39, 0.29) is 47.2 Å². The molecule has 7 amide bonds. The molecule has 0 aliphatic carbocycles. The molecule has 0 saturated carbocycles. The van der Waals surface area contributed by atoms with Gasteiger partial charge in [-0.3, -0.25) is 38.5 Å². The Bertz CT molecular complexity index is 2550. The van der Waals surface area contributed by atoms with Crippen molar-refractivity contribution in [3.8, 4) is 0 Å². The Kier molecular flexibility index (Phi) is 27.1. The molecule has 7 atom stereocenters. The molecule has 0 bridgehead atoms. The summed E-state index contributed by atoms with van der Waals surface area (Å²) in [5, 5.41) is 14.3. The summed E-state index contributed by atoms with van der Waals surface area (Å²) in [6.45, 7) is 19.8. The van der Waals surface area contributed by atoms with Gasteiger partial charge in [0.25, 0.3) is 11.8 Å². The molecular weight excluding hydrogens is 1110 g/mol. The number of ether oxygens (including phenoxy) is 3. The Hall–Kier alpha value is -5.19. The van der Waals surface area contributed by atoms with E-state index in [1.54, 1.807) is 26.8 Å². The SMILES string of the molecule is CCc1ccc(C(OC(=O)CCC(C)OCCC(C)NC(=O)[C@H](CSSC(C)C)NC(=O)[C@H](C)NC(=O)C(CSSC(C)C)NC(=O)[C@H](CNC(=O)OC(C)(C)C)N2C(=O)C=CC2=O)(c2ccccc2)c2ccccc2Cl)cc1. The molecule has 1 aliphatic rings. The normalized spacial score (nSPS) is 15.5. The predicted octanol–water partition coefficient (Wildman–Crippen LogP) is 8.69. The van der Waals surface area contributed by atoms with Crippen molar-refractivity contribution in [3.05, 3.63) is 118 Å². The van der Waals surface area contributed by atoms with Crippen LogP contribution in [0.3, 0.4) is 0 Å². The second-order valence-corrected chi connectivity index (χ2v) is 26.8. The van der Waals surface area contributed by atoms with E-state index in [0.717, 1.165) is 35.3 Å². The first-order chi connectivity index (χ1) is 37.3. The van der Waals surface area contributed by atoms with E-state index in [1.165, 1.54) is 50.1 Å². The quantitative estimate of drug-likeness (QED) is 0.0176. The number of carbonyl (C=O) groups excluding carboxylic acids is 8. The number of carbonyl (C=O) groups is 8. The smallest absolute Gasteiger partial charge is 0.407 e. The van der Waals surface area contributed by atoms with Crippen molar-refractivity contribution in [1.82, 2.24) is 31.5 Å². The van der Waals surface area contributed by atoms with Crippen LogP contribution < -0.4 is 26.6 Å². The van der Waals surface area contributed by atoms with Crippen LogP contribution in [0.5, 0.6) is 0 Å². The van der Waals surface area contributed by atoms with Crippen molar-refractivity contribution in [2.75, 3.05) is 24.7 Å². The van der Waals surface area contributed by atoms with Crippen LogP contribution in [0, 0.1) is 0 Å². The summed E-state index contributed by atoms with van der Waals surface area (Å²) in [5.41, 5.74) is 1.06. The van der Waals surface area contributed by atoms with Gasteiger partial charge in [-0.15, -0.1) is 0 Å². The summed E-state index contributed by atoms with van der Waals surface area (Å²) in [6.07, 6.45) is 2.41. The second-order valence-electron chi connectivity index (χ2n) is 20.5. The predicted molar refractivity (Wildman–Crippen MR) is 317 cm³/mol. The van der Waals surface area contributed by atoms with Gasteiger partial charge < -0.3 is 40.8 Å². The maximum atomic E-state index is 14.0. The molecular formula is C57H77ClN6O11S4. The number of benzene rings is 3. The van der Waals surface area contributed by atoms with Crippen LogP contribution in [0.2, 0.25) is 5.02 Å². The number of hydrogen-bond acceptors (Lipinski definition) is 15. The minimum Gasteiger partial charge on any atom is -0.444 e. The largest absolute Gasteiger partial charge is 0.444 e. The minimum absolute atomic E-state index is 0.0244. The van der Waals surface area contributed by atoms with Gasteiger partial charge in [0.15, 0.2) is 5.60 Å². The first-order valence-electron chi connectivity index (χ1n) is 26.4. The number of amides is 7. The van der Waals surface area contributed by atoms with Gasteiger partial charge in [-0.05, 0) is 72.4 Å². The highest BCUT2D eigenvalue weighted by molar-refractivity contribution is 8.77. The van der Waals surface area contributed by atoms with Crippen LogP contribution >= 0.6 is 54.8 Å². The molecule has 1 aliphatic heterocycles. The van der Waals surface area contributed by atoms with Crippen LogP contribution in [0.15, 0.2) is 91.0 Å². The average Bonchev–Trinajstić information content (AvgIpc) is 3.72. The lowest BCUT2D eigenvalue weighted by molar-refractivity contribution is -0.154. The Morgan fingerprint density at radius 1 is 0.646 bits per heavy atom. The molecule has 3 aromatic rings. The molecule has 0 fully saturated rings. The molecule has 432 valence electrons. The van der Waals surface area contributed by atoms with Crippen LogP contribution in [-0.4, -0.2) is 129 Å². The van der Waals surface area contributed by atoms with Crippen molar-refractivity contribution in [2.45, 2.75) is 160 Å². The monoisotopic (exact) mass is 1180 g/mol. The number of nitrogens with one attached hydrogen (secondary N) is 5. The molecule has 4 unspecified atom stereocenters. The Morgan fingerprint density at radius 3 is 1.75 bits per heavy atom. The molecule has 22 heteroatoms. The zero-order valence-electron chi connectivity index (χ0n) is 46.9. The lowest BCUT2D eigenvalue weighted by atomic mass is 9.79. The fourth-order valence-electron chi connectivity index (χ4n) is 7.84. The summed E-state index contributed by atoms with van der Waals surface area (Å²) < 4.78 is 18.0. The number of esters is 1. The fourth-order valence-corrected chi connectivity index (χ4v) is 12.5.